The van der Waals surface area contributed by atoms with E-state index >= 15 is 0 Å². The molecular formula is C77H166B7ClF7I7N18O14S3-. The van der Waals surface area contributed by atoms with Crippen LogP contribution in [0.1, 0.15) is 160 Å². The molecule has 11 saturated heterocycles. The molecule has 11 heterocycles. The molecule has 0 saturated carbocycles. The maximum atomic E-state index is 11.8. The molecule has 0 aliphatic carbocycles. The van der Waals surface area contributed by atoms with Crippen molar-refractivity contribution in [2.24, 2.45) is 16.0 Å². The number of terminal acetylenes is 1. The number of aliphatic hydroxyl groups is 1. The number of rotatable bonds is 24. The molecule has 32 nitrogen and oxygen atoms in total. The predicted molar refractivity (Wildman–Crippen MR) is 605 cm³/mol. The van der Waals surface area contributed by atoms with Gasteiger partial charge in [-0.2, -0.15) is 8.61 Å². The molecule has 793 valence electrons. The molecule has 0 aromatic heterocycles. The van der Waals surface area contributed by atoms with Crippen LogP contribution in [0.15, 0.2) is 10.2 Å². The average molecular weight is 2800 g/mol. The van der Waals surface area contributed by atoms with Gasteiger partial charge in [0.2, 0.25) is 30.1 Å². The predicted octanol–water partition coefficient (Wildman–Crippen LogP) is 9.76. The Balaban J connectivity index is -0.000000108. The summed E-state index contributed by atoms with van der Waals surface area (Å²) in [6.07, 6.45) is 20.5. The summed E-state index contributed by atoms with van der Waals surface area (Å²) in [4.78, 5) is 31.8. The number of ketones is 1. The van der Waals surface area contributed by atoms with Crippen molar-refractivity contribution in [2.45, 2.75) is 183 Å². The van der Waals surface area contributed by atoms with Crippen molar-refractivity contribution in [3.8, 4) is 36.0 Å². The first-order valence-corrected chi connectivity index (χ1v) is 85.7. The maximum absolute atomic E-state index is 11.8. The number of piperidine rings is 8. The minimum absolute atomic E-state index is 0. The number of likely N-dealkylation sites (tertiary alicyclic amines) is 7. The third kappa shape index (κ3) is 64.5. The number of nitrogens with zero attached hydrogens (tertiary/aromatic N) is 15. The second-order valence-electron chi connectivity index (χ2n) is 33.2. The second-order valence-corrected chi connectivity index (χ2v) is 153. The van der Waals surface area contributed by atoms with Crippen molar-refractivity contribution in [3.05, 3.63) is 20.9 Å². The smallest absolute Gasteiger partial charge is 0 e. The van der Waals surface area contributed by atoms with Crippen LogP contribution in [0, 0.1) is 36.0 Å². The number of epoxide rings is 1. The number of hydrogen-bond acceptors (Lipinski definition) is 25. The van der Waals surface area contributed by atoms with Crippen molar-refractivity contribution >= 4 is 188 Å². The van der Waals surface area contributed by atoms with E-state index in [0.717, 1.165) is 188 Å². The molecule has 134 heavy (non-hydrogen) atoms. The third-order valence-corrected chi connectivity index (χ3v) is 277. The number of methoxy groups -OCH3 is 5. The van der Waals surface area contributed by atoms with E-state index in [1.807, 2.05) is 14.1 Å². The zero-order valence-electron chi connectivity index (χ0n) is 85.0. The summed E-state index contributed by atoms with van der Waals surface area (Å²) < 4.78 is 187. The van der Waals surface area contributed by atoms with Gasteiger partial charge in [-0.15, -0.1) is 18.0 Å². The van der Waals surface area contributed by atoms with Gasteiger partial charge >= 0.3 is 104 Å². The average Bonchev–Trinajstić information content (AvgIpc) is 1.74. The van der Waals surface area contributed by atoms with E-state index in [0.29, 0.717) is 107 Å². The number of ether oxygens (including phenoxy) is 6. The zero-order valence-corrected chi connectivity index (χ0v) is 97.3. The Bertz CT molecular complexity index is 3690. The van der Waals surface area contributed by atoms with Gasteiger partial charge in [-0.25, -0.2) is 30.0 Å². The molecule has 11 aliphatic heterocycles. The topological polar surface area (TPSA) is 375 Å². The Morgan fingerprint density at radius 3 is 1.28 bits per heavy atom. The molecule has 5 N–H and O–H groups in total. The number of hydrogen-bond donors (Lipinski definition) is 4. The molecule has 1 spiro atoms. The van der Waals surface area contributed by atoms with Crippen LogP contribution in [0.3, 0.4) is 0 Å². The van der Waals surface area contributed by atoms with Crippen LogP contribution in [0.25, 0.3) is 20.9 Å². The van der Waals surface area contributed by atoms with E-state index < -0.39 is 42.1 Å². The fourth-order valence-electron chi connectivity index (χ4n) is 14.2. The Morgan fingerprint density at radius 1 is 0.642 bits per heavy atom. The van der Waals surface area contributed by atoms with Crippen molar-refractivity contribution in [1.29, 1.82) is 0 Å². The quantitative estimate of drug-likeness (QED) is 0.00803. The Morgan fingerprint density at radius 2 is 0.993 bits per heavy atom. The molecule has 0 bridgehead atoms. The number of halogens is 15. The van der Waals surface area contributed by atoms with Gasteiger partial charge in [0.15, 0.2) is 0 Å². The number of Topliss-reactive ketones (excluding diaryl/α,β-unsaturated/α-hetero) is 1. The summed E-state index contributed by atoms with van der Waals surface area (Å²) >= 11 is 16.9. The maximum Gasteiger partial charge on any atom is 0 e. The number of alkyl halides is 1. The van der Waals surface area contributed by atoms with Gasteiger partial charge in [-0.05, 0) is 213 Å². The first-order valence-electron chi connectivity index (χ1n) is 45.6. The number of sulfonamides is 3. The van der Waals surface area contributed by atoms with Crippen LogP contribution in [0.2, 0.25) is 0 Å². The SMILES string of the molecule is C.C.C#CC#CC#CC.CN1CCC(=O)CC1.CN1CCC(O)(CN=[N+]=[N-])CC1.CN1CCC2(CC1)CO2.COC1(CN)CCN(C)CC1.COC1(CN2CCCS2(=O)=O)CCN(C)CC1.COC1(CN2CCCS2(=O)=O)CCNCC1.COC1(CN=[N+]=[N-])CCN(C)CC1.COC1(CNS(=O)(=O)CCCCl)CCN(C)CC1.F.FF.FF.FF.I[I-]I(I)I(I)I.[2HH].[2H][2H].[2H][2H].[2H][2H].[B][B]B([B])B([B])[B].[HH].[HH].[HH].[HH]. The van der Waals surface area contributed by atoms with Gasteiger partial charge in [0.1, 0.15) is 5.78 Å². The summed E-state index contributed by atoms with van der Waals surface area (Å²) in [5, 5.41) is 20.1. The van der Waals surface area contributed by atoms with Crippen LogP contribution in [-0.2, 0) is 63.3 Å². The molecule has 0 aromatic carbocycles. The Labute approximate surface area is 884 Å². The molecule has 9 radical (unpaired) electrons. The van der Waals surface area contributed by atoms with Crippen LogP contribution < -0.4 is 29.0 Å². The number of azide groups is 2. The number of nitrogens with two attached hydrogens (primary N) is 1. The standard InChI is InChI=1S/C11H23ClN2O3S.C11H22N2O3S.C10H20N2O3S.C8H16N4O.C8H18N2O.C7H14N4O.C7H13NO.C7H4.C6H11NO.2CH4.B7.3F2.FH.I7.8H2/c1-14-7-4-11(17-2,5-8-14)10-13-18(15,16)9-3-6-12;1-12-7-4-11(16-2,5-8-12)10-13-6-3-9-17(13,14)15;1-15-10(3-5-11-6-4-10)9-12-7-2-8-16(12,13)14;1-12-5-3-8(13-2,4-6-12)7-10-11-9;1-10-5-3-8(7-9,11-2)4-6-10;1-11-4-2-7(12,3-5-11)6-9-10-8;1-8-4-2-7(3-5-8)6-9-7;1-3-5-7-6-4-2;1-7-4-2-6(8)3-5-7;;;1-5-7(4)6(2)3;3*1-2;;1-5-7(4)6(2)3;;;;;;;;/h13H,3-10H2,1-2H3;3-10H2,1-2H3;11H,2-9H2,1H3;3-7H2,1-2H3;3-7,9H2,1-2H3;12H,2-6H2,1H3;2-6H2,1H3;1H,2H3;2-5H2,1H3;2*1H4;;;;;1H;;8*1H/q;;;;;;;;;;;;;;;;-1;;;;;;;;/i;;;;;;;;;;;;;;;;;3*1+1D;1+1;;;;. The molecule has 0 amide bonds. The van der Waals surface area contributed by atoms with Crippen LogP contribution in [0.4, 0.5) is 32.1 Å². The molecule has 57 heteroatoms. The van der Waals surface area contributed by atoms with Crippen molar-refractivity contribution in [2.75, 3.05) is 272 Å². The number of nitrogens with one attached hydrogen (secondary N) is 2. The first-order chi connectivity index (χ1) is 65.0. The summed E-state index contributed by atoms with van der Waals surface area (Å²) in [6.45, 7) is 22.7. The minimum atomic E-state index is -3.23. The third-order valence-electron chi connectivity index (χ3n) is 24.0. The number of carbonyl (C=O) groups is 1. The summed E-state index contributed by atoms with van der Waals surface area (Å²) in [6, 6.07) is 0. The van der Waals surface area contributed by atoms with Gasteiger partial charge in [0.25, 0.3) is 0 Å². The van der Waals surface area contributed by atoms with Gasteiger partial charge in [0.05, 0.1) is 76.2 Å². The van der Waals surface area contributed by atoms with E-state index in [2.05, 4.69) is 204 Å². The Kier molecular flexibility index (Phi) is 85.8. The fourth-order valence-corrected chi connectivity index (χ4v) is 228. The Hall–Kier alpha value is 1.42. The second kappa shape index (κ2) is 82.4. The molecule has 0 atom stereocenters. The first kappa shape index (κ1) is 140. The van der Waals surface area contributed by atoms with E-state index in [1.54, 1.807) is 51.1 Å². The molecular weight excluding hydrogens is 2630 g/mol. The normalized spacial score (nSPS) is 21.7. The minimum Gasteiger partial charge on any atom is 0 e. The van der Waals surface area contributed by atoms with Crippen LogP contribution in [-0.4, -0.2) is 441 Å². The largest absolute Gasteiger partial charge is 0 e. The molecule has 0 unspecified atom stereocenters. The molecule has 11 fully saturated rings. The molecule has 11 rings (SSSR count). The summed E-state index contributed by atoms with van der Waals surface area (Å²) in [7, 11) is 35.0. The van der Waals surface area contributed by atoms with E-state index in [1.165, 1.54) is 33.0 Å². The molecule has 11 aliphatic rings. The summed E-state index contributed by atoms with van der Waals surface area (Å²) in [5.41, 5.74) is 20.5. The van der Waals surface area contributed by atoms with Crippen molar-refractivity contribution in [1.82, 2.24) is 52.9 Å². The molecule has 0 aromatic rings. The monoisotopic (exact) mass is 2800 g/mol. The van der Waals surface area contributed by atoms with E-state index in [-0.39, 0.29) is 89.2 Å². The van der Waals surface area contributed by atoms with Gasteiger partial charge in [0, 0.05) is 289 Å². The fraction of sp³-hybridized carbons (Fsp3) is 0.909. The van der Waals surface area contributed by atoms with Crippen molar-refractivity contribution in [3.63, 3.8) is 0 Å². The zero-order chi connectivity index (χ0) is 106. The van der Waals surface area contributed by atoms with E-state index in [4.69, 9.17) is 131 Å². The van der Waals surface area contributed by atoms with Gasteiger partial charge in [-0.1, -0.05) is 31.0 Å². The van der Waals surface area contributed by atoms with Gasteiger partial charge in [-0.3, -0.25) is 9.50 Å². The van der Waals surface area contributed by atoms with Crippen molar-refractivity contribution < 1.29 is 125 Å². The van der Waals surface area contributed by atoms with Gasteiger partial charge < -0.3 is 78.9 Å². The summed E-state index contributed by atoms with van der Waals surface area (Å²) in [5.74, 6) is 13.5. The van der Waals surface area contributed by atoms with Crippen LogP contribution in [0.5, 0.6) is 0 Å². The van der Waals surface area contributed by atoms with Crippen LogP contribution >= 0.6 is 102 Å². The number of carbonyl (C=O) groups excluding carboxylic acids is 1. The van der Waals surface area contributed by atoms with E-state index in [9.17, 15) is 35.2 Å².